The summed E-state index contributed by atoms with van der Waals surface area (Å²) in [5, 5.41) is 5.80. The summed E-state index contributed by atoms with van der Waals surface area (Å²) < 4.78 is 4.82. The van der Waals surface area contributed by atoms with Crippen molar-refractivity contribution in [3.05, 3.63) is 11.9 Å². The van der Waals surface area contributed by atoms with E-state index in [1.165, 1.54) is 12.0 Å². The number of amides is 2. The highest BCUT2D eigenvalue weighted by Gasteiger charge is 2.27. The van der Waals surface area contributed by atoms with Crippen molar-refractivity contribution in [1.82, 2.24) is 15.5 Å². The maximum atomic E-state index is 12.1. The van der Waals surface area contributed by atoms with Crippen molar-refractivity contribution in [2.75, 3.05) is 26.8 Å². The maximum absolute atomic E-state index is 12.1. The first-order chi connectivity index (χ1) is 8.35. The first-order valence-corrected chi connectivity index (χ1v) is 5.90. The third-order valence-electron chi connectivity index (χ3n) is 2.30. The molecule has 6 nitrogen and oxygen atoms in total. The van der Waals surface area contributed by atoms with Crippen LogP contribution in [0.3, 0.4) is 0 Å². The number of ether oxygens (including phenoxy) is 1. The summed E-state index contributed by atoms with van der Waals surface area (Å²) in [6.45, 7) is 6.74. The van der Waals surface area contributed by atoms with Gasteiger partial charge in [0, 0.05) is 31.9 Å². The Morgan fingerprint density at radius 1 is 1.50 bits per heavy atom. The van der Waals surface area contributed by atoms with Gasteiger partial charge in [-0.05, 0) is 20.8 Å². The van der Waals surface area contributed by atoms with E-state index in [9.17, 15) is 9.59 Å². The van der Waals surface area contributed by atoms with Crippen LogP contribution in [0.1, 0.15) is 20.8 Å². The number of carbonyl (C=O) groups is 2. The average molecular weight is 255 g/mol. The normalized spacial score (nSPS) is 15.8. The average Bonchev–Trinajstić information content (AvgIpc) is 2.27. The third kappa shape index (κ3) is 4.03. The van der Waals surface area contributed by atoms with Crippen molar-refractivity contribution in [3.8, 4) is 0 Å². The smallest absolute Gasteiger partial charge is 0.269 e. The zero-order valence-corrected chi connectivity index (χ0v) is 11.4. The summed E-state index contributed by atoms with van der Waals surface area (Å²) in [6, 6.07) is 0. The van der Waals surface area contributed by atoms with Gasteiger partial charge in [0.05, 0.1) is 0 Å². The lowest BCUT2D eigenvalue weighted by atomic mass is 10.1. The van der Waals surface area contributed by atoms with Crippen molar-refractivity contribution in [1.29, 1.82) is 0 Å². The second-order valence-electron chi connectivity index (χ2n) is 5.17. The largest absolute Gasteiger partial charge is 0.387 e. The lowest BCUT2D eigenvalue weighted by molar-refractivity contribution is -0.136. The SMILES string of the molecule is COCC(=O)N1CCNC=C1C(=O)NC(C)(C)C. The Morgan fingerprint density at radius 3 is 2.72 bits per heavy atom. The molecule has 1 rings (SSSR count). The minimum Gasteiger partial charge on any atom is -0.387 e. The van der Waals surface area contributed by atoms with E-state index in [2.05, 4.69) is 10.6 Å². The van der Waals surface area contributed by atoms with Crippen molar-refractivity contribution in [2.45, 2.75) is 26.3 Å². The lowest BCUT2D eigenvalue weighted by Gasteiger charge is -2.30. The molecular weight excluding hydrogens is 234 g/mol. The van der Waals surface area contributed by atoms with Crippen LogP contribution in [0.2, 0.25) is 0 Å². The van der Waals surface area contributed by atoms with E-state index in [4.69, 9.17) is 4.74 Å². The lowest BCUT2D eigenvalue weighted by Crippen LogP contribution is -2.50. The molecule has 0 saturated carbocycles. The van der Waals surface area contributed by atoms with E-state index in [1.807, 2.05) is 20.8 Å². The van der Waals surface area contributed by atoms with Gasteiger partial charge in [0.2, 0.25) is 0 Å². The van der Waals surface area contributed by atoms with Crippen LogP contribution in [-0.2, 0) is 14.3 Å². The highest BCUT2D eigenvalue weighted by atomic mass is 16.5. The molecule has 0 fully saturated rings. The second kappa shape index (κ2) is 5.86. The molecule has 0 spiro atoms. The first-order valence-electron chi connectivity index (χ1n) is 5.90. The van der Waals surface area contributed by atoms with Gasteiger partial charge >= 0.3 is 0 Å². The Bertz CT molecular complexity index is 358. The van der Waals surface area contributed by atoms with Crippen molar-refractivity contribution in [3.63, 3.8) is 0 Å². The number of nitrogens with zero attached hydrogens (tertiary/aromatic N) is 1. The summed E-state index contributed by atoms with van der Waals surface area (Å²) in [6.07, 6.45) is 1.57. The maximum Gasteiger partial charge on any atom is 0.269 e. The van der Waals surface area contributed by atoms with Crippen LogP contribution in [0.15, 0.2) is 11.9 Å². The van der Waals surface area contributed by atoms with E-state index in [-0.39, 0.29) is 24.0 Å². The second-order valence-corrected chi connectivity index (χ2v) is 5.17. The van der Waals surface area contributed by atoms with E-state index in [1.54, 1.807) is 6.20 Å². The molecule has 1 aliphatic rings. The Balaban J connectivity index is 2.80. The summed E-state index contributed by atoms with van der Waals surface area (Å²) in [5.41, 5.74) is -0.0102. The molecule has 102 valence electrons. The number of carbonyl (C=O) groups excluding carboxylic acids is 2. The number of nitrogens with one attached hydrogen (secondary N) is 2. The van der Waals surface area contributed by atoms with Crippen molar-refractivity contribution in [2.24, 2.45) is 0 Å². The molecule has 0 aliphatic carbocycles. The van der Waals surface area contributed by atoms with Gasteiger partial charge in [0.1, 0.15) is 12.3 Å². The fourth-order valence-electron chi connectivity index (χ4n) is 1.60. The Morgan fingerprint density at radius 2 is 2.17 bits per heavy atom. The van der Waals surface area contributed by atoms with E-state index < -0.39 is 0 Å². The molecule has 6 heteroatoms. The van der Waals surface area contributed by atoms with E-state index >= 15 is 0 Å². The molecule has 18 heavy (non-hydrogen) atoms. The highest BCUT2D eigenvalue weighted by Crippen LogP contribution is 2.10. The van der Waals surface area contributed by atoms with Crippen molar-refractivity contribution < 1.29 is 14.3 Å². The molecule has 0 radical (unpaired) electrons. The molecule has 0 bridgehead atoms. The van der Waals surface area contributed by atoms with Gasteiger partial charge < -0.3 is 20.3 Å². The molecule has 0 aromatic heterocycles. The van der Waals surface area contributed by atoms with E-state index in [0.717, 1.165) is 0 Å². The molecule has 2 amide bonds. The molecular formula is C12H21N3O3. The van der Waals surface area contributed by atoms with Crippen molar-refractivity contribution >= 4 is 11.8 Å². The highest BCUT2D eigenvalue weighted by molar-refractivity contribution is 5.98. The third-order valence-corrected chi connectivity index (χ3v) is 2.30. The predicted molar refractivity (Wildman–Crippen MR) is 67.6 cm³/mol. The van der Waals surface area contributed by atoms with Crippen LogP contribution in [-0.4, -0.2) is 49.1 Å². The van der Waals surface area contributed by atoms with Gasteiger partial charge in [-0.1, -0.05) is 0 Å². The Labute approximate surface area is 107 Å². The minimum absolute atomic E-state index is 0.0276. The molecule has 0 saturated heterocycles. The van der Waals surface area contributed by atoms with Gasteiger partial charge in [-0.3, -0.25) is 9.59 Å². The summed E-state index contributed by atoms with van der Waals surface area (Å²) in [7, 11) is 1.46. The van der Waals surface area contributed by atoms with Gasteiger partial charge in [-0.15, -0.1) is 0 Å². The fraction of sp³-hybridized carbons (Fsp3) is 0.667. The zero-order valence-electron chi connectivity index (χ0n) is 11.4. The van der Waals surface area contributed by atoms with Gasteiger partial charge in [-0.25, -0.2) is 0 Å². The molecule has 0 unspecified atom stereocenters. The number of rotatable bonds is 3. The molecule has 2 N–H and O–H groups in total. The zero-order chi connectivity index (χ0) is 13.8. The summed E-state index contributed by atoms with van der Waals surface area (Å²) in [5.74, 6) is -0.478. The Hall–Kier alpha value is -1.56. The summed E-state index contributed by atoms with van der Waals surface area (Å²) >= 11 is 0. The van der Waals surface area contributed by atoms with Gasteiger partial charge in [0.15, 0.2) is 0 Å². The molecule has 0 aromatic rings. The quantitative estimate of drug-likeness (QED) is 0.734. The van der Waals surface area contributed by atoms with Crippen LogP contribution < -0.4 is 10.6 Å². The van der Waals surface area contributed by atoms with Crippen LogP contribution >= 0.6 is 0 Å². The van der Waals surface area contributed by atoms with Gasteiger partial charge in [-0.2, -0.15) is 0 Å². The number of hydrogen-bond acceptors (Lipinski definition) is 4. The van der Waals surface area contributed by atoms with Crippen LogP contribution in [0.5, 0.6) is 0 Å². The molecule has 1 heterocycles. The standard InChI is InChI=1S/C12H21N3O3/c1-12(2,3)14-11(17)9-7-13-5-6-15(9)10(16)8-18-4/h7,13H,5-6,8H2,1-4H3,(H,14,17). The fourth-order valence-corrected chi connectivity index (χ4v) is 1.60. The number of methoxy groups -OCH3 is 1. The topological polar surface area (TPSA) is 70.7 Å². The van der Waals surface area contributed by atoms with Gasteiger partial charge in [0.25, 0.3) is 11.8 Å². The first kappa shape index (κ1) is 14.5. The van der Waals surface area contributed by atoms with E-state index in [0.29, 0.717) is 18.8 Å². The summed E-state index contributed by atoms with van der Waals surface area (Å²) in [4.78, 5) is 25.4. The monoisotopic (exact) mass is 255 g/mol. The molecule has 1 aliphatic heterocycles. The predicted octanol–water partition coefficient (Wildman–Crippen LogP) is -0.179. The molecule has 0 atom stereocenters. The number of hydrogen-bond donors (Lipinski definition) is 2. The Kier molecular flexibility index (Phi) is 4.72. The van der Waals surface area contributed by atoms with Crippen LogP contribution in [0.4, 0.5) is 0 Å². The van der Waals surface area contributed by atoms with Crippen LogP contribution in [0.25, 0.3) is 0 Å². The minimum atomic E-state index is -0.342. The van der Waals surface area contributed by atoms with Crippen LogP contribution in [0, 0.1) is 0 Å². The molecule has 0 aromatic carbocycles.